The fourth-order valence-corrected chi connectivity index (χ4v) is 1.55. The van der Waals surface area contributed by atoms with E-state index in [0.29, 0.717) is 6.42 Å². The number of aromatic hydroxyl groups is 1. The van der Waals surface area contributed by atoms with Crippen molar-refractivity contribution in [2.45, 2.75) is 19.4 Å². The van der Waals surface area contributed by atoms with Crippen LogP contribution < -0.4 is 10.6 Å². The summed E-state index contributed by atoms with van der Waals surface area (Å²) in [4.78, 5) is 11.6. The minimum Gasteiger partial charge on any atom is -0.508 e. The number of hydrogen-bond acceptors (Lipinski definition) is 3. The molecule has 3 N–H and O–H groups in total. The summed E-state index contributed by atoms with van der Waals surface area (Å²) < 4.78 is 0. The average molecular weight is 222 g/mol. The van der Waals surface area contributed by atoms with E-state index in [1.807, 2.05) is 19.1 Å². The van der Waals surface area contributed by atoms with Crippen molar-refractivity contribution in [3.63, 3.8) is 0 Å². The molecule has 0 bridgehead atoms. The van der Waals surface area contributed by atoms with E-state index in [0.717, 1.165) is 12.1 Å². The molecule has 4 nitrogen and oxygen atoms in total. The number of phenols is 1. The van der Waals surface area contributed by atoms with Gasteiger partial charge in [0.25, 0.3) is 0 Å². The number of amides is 1. The molecule has 0 spiro atoms. The summed E-state index contributed by atoms with van der Waals surface area (Å²) in [5.41, 5.74) is 1.02. The van der Waals surface area contributed by atoms with E-state index < -0.39 is 0 Å². The lowest BCUT2D eigenvalue weighted by Crippen LogP contribution is -2.44. The lowest BCUT2D eigenvalue weighted by Gasteiger charge is -2.16. The normalized spacial score (nSPS) is 12.1. The van der Waals surface area contributed by atoms with E-state index in [2.05, 4.69) is 10.6 Å². The maximum absolute atomic E-state index is 11.6. The van der Waals surface area contributed by atoms with E-state index in [1.54, 1.807) is 19.2 Å². The third-order valence-electron chi connectivity index (χ3n) is 2.39. The number of rotatable bonds is 5. The van der Waals surface area contributed by atoms with Crippen LogP contribution in [0, 0.1) is 0 Å². The Morgan fingerprint density at radius 1 is 1.38 bits per heavy atom. The minimum atomic E-state index is -0.223. The van der Waals surface area contributed by atoms with Gasteiger partial charge in [-0.1, -0.05) is 19.1 Å². The Morgan fingerprint density at radius 2 is 2.00 bits per heavy atom. The molecule has 0 radical (unpaired) electrons. The molecule has 0 aliphatic heterocycles. The van der Waals surface area contributed by atoms with Crippen molar-refractivity contribution >= 4 is 5.91 Å². The van der Waals surface area contributed by atoms with Crippen LogP contribution in [0.2, 0.25) is 0 Å². The van der Waals surface area contributed by atoms with Crippen LogP contribution in [0.3, 0.4) is 0 Å². The van der Waals surface area contributed by atoms with Gasteiger partial charge in [-0.15, -0.1) is 0 Å². The van der Waals surface area contributed by atoms with E-state index >= 15 is 0 Å². The van der Waals surface area contributed by atoms with Crippen molar-refractivity contribution in [3.8, 4) is 5.75 Å². The Labute approximate surface area is 95.7 Å². The van der Waals surface area contributed by atoms with Crippen LogP contribution in [0.5, 0.6) is 5.75 Å². The van der Waals surface area contributed by atoms with Crippen molar-refractivity contribution in [1.29, 1.82) is 0 Å². The quantitative estimate of drug-likeness (QED) is 0.686. The van der Waals surface area contributed by atoms with Gasteiger partial charge < -0.3 is 15.7 Å². The Hall–Kier alpha value is -1.55. The van der Waals surface area contributed by atoms with Crippen molar-refractivity contribution in [3.05, 3.63) is 29.8 Å². The predicted molar refractivity (Wildman–Crippen MR) is 63.3 cm³/mol. The van der Waals surface area contributed by atoms with Crippen LogP contribution in [0.4, 0.5) is 0 Å². The van der Waals surface area contributed by atoms with Crippen molar-refractivity contribution < 1.29 is 9.90 Å². The molecule has 0 unspecified atom stereocenters. The number of nitrogens with one attached hydrogen (secondary N) is 2. The fraction of sp³-hybridized carbons (Fsp3) is 0.417. The highest BCUT2D eigenvalue weighted by Gasteiger charge is 2.15. The zero-order valence-electron chi connectivity index (χ0n) is 9.66. The smallest absolute Gasteiger partial charge is 0.237 e. The number of hydrogen-bond donors (Lipinski definition) is 3. The number of carbonyl (C=O) groups excluding carboxylic acids is 1. The summed E-state index contributed by atoms with van der Waals surface area (Å²) in [6.45, 7) is 2.71. The molecule has 4 heteroatoms. The third-order valence-corrected chi connectivity index (χ3v) is 2.39. The molecule has 88 valence electrons. The molecule has 0 saturated heterocycles. The Balaban J connectivity index is 2.67. The summed E-state index contributed by atoms with van der Waals surface area (Å²) in [7, 11) is 1.63. The molecule has 0 aromatic heterocycles. The highest BCUT2D eigenvalue weighted by molar-refractivity contribution is 5.81. The molecule has 0 fully saturated rings. The molecule has 0 heterocycles. The lowest BCUT2D eigenvalue weighted by atomic mass is 10.1. The second kappa shape index (κ2) is 6.12. The molecular formula is C12H18N2O2. The van der Waals surface area contributed by atoms with Gasteiger partial charge in [0.05, 0.1) is 6.04 Å². The van der Waals surface area contributed by atoms with Gasteiger partial charge in [-0.25, -0.2) is 0 Å². The molecule has 1 atom stereocenters. The van der Waals surface area contributed by atoms with E-state index in [4.69, 9.17) is 5.11 Å². The first kappa shape index (κ1) is 12.5. The zero-order valence-corrected chi connectivity index (χ0v) is 9.66. The number of benzene rings is 1. The Bertz CT molecular complexity index is 335. The molecule has 1 aromatic carbocycles. The lowest BCUT2D eigenvalue weighted by molar-refractivity contribution is -0.122. The summed E-state index contributed by atoms with van der Waals surface area (Å²) in [6, 6.07) is 6.68. The van der Waals surface area contributed by atoms with E-state index in [9.17, 15) is 4.79 Å². The van der Waals surface area contributed by atoms with Crippen LogP contribution in [0.15, 0.2) is 24.3 Å². The van der Waals surface area contributed by atoms with Crippen LogP contribution in [-0.4, -0.2) is 30.6 Å². The molecule has 1 rings (SSSR count). The highest BCUT2D eigenvalue weighted by atomic mass is 16.3. The average Bonchev–Trinajstić information content (AvgIpc) is 2.30. The van der Waals surface area contributed by atoms with Gasteiger partial charge in [0.2, 0.25) is 5.91 Å². The maximum atomic E-state index is 11.6. The summed E-state index contributed by atoms with van der Waals surface area (Å²) >= 11 is 0. The largest absolute Gasteiger partial charge is 0.508 e. The Kier molecular flexibility index (Phi) is 4.79. The molecular weight excluding hydrogens is 204 g/mol. The van der Waals surface area contributed by atoms with Gasteiger partial charge in [-0.2, -0.15) is 0 Å². The molecule has 1 aromatic rings. The molecule has 16 heavy (non-hydrogen) atoms. The fourth-order valence-electron chi connectivity index (χ4n) is 1.55. The standard InChI is InChI=1S/C12H18N2O2/c1-3-14-11(12(16)13-2)8-9-4-6-10(15)7-5-9/h4-7,11,14-15H,3,8H2,1-2H3,(H,13,16)/t11-/m0/s1. The third kappa shape index (κ3) is 3.55. The molecule has 0 saturated carbocycles. The summed E-state index contributed by atoms with van der Waals surface area (Å²) in [6.07, 6.45) is 0.619. The highest BCUT2D eigenvalue weighted by Crippen LogP contribution is 2.11. The topological polar surface area (TPSA) is 61.4 Å². The molecule has 0 aliphatic rings. The van der Waals surface area contributed by atoms with Crippen LogP contribution in [0.25, 0.3) is 0 Å². The number of carbonyl (C=O) groups is 1. The van der Waals surface area contributed by atoms with Crippen LogP contribution in [-0.2, 0) is 11.2 Å². The van der Waals surface area contributed by atoms with Crippen molar-refractivity contribution in [2.24, 2.45) is 0 Å². The second-order valence-electron chi connectivity index (χ2n) is 3.60. The van der Waals surface area contributed by atoms with Gasteiger partial charge in [0.15, 0.2) is 0 Å². The van der Waals surface area contributed by atoms with E-state index in [1.165, 1.54) is 0 Å². The first-order chi connectivity index (χ1) is 7.67. The van der Waals surface area contributed by atoms with Gasteiger partial charge in [-0.3, -0.25) is 4.79 Å². The van der Waals surface area contributed by atoms with Gasteiger partial charge in [-0.05, 0) is 30.7 Å². The van der Waals surface area contributed by atoms with Crippen LogP contribution in [0.1, 0.15) is 12.5 Å². The second-order valence-corrected chi connectivity index (χ2v) is 3.60. The van der Waals surface area contributed by atoms with E-state index in [-0.39, 0.29) is 17.7 Å². The van der Waals surface area contributed by atoms with Gasteiger partial charge >= 0.3 is 0 Å². The van der Waals surface area contributed by atoms with Crippen molar-refractivity contribution in [1.82, 2.24) is 10.6 Å². The predicted octanol–water partition coefficient (Wildman–Crippen LogP) is 0.659. The molecule has 1 amide bonds. The first-order valence-electron chi connectivity index (χ1n) is 5.40. The maximum Gasteiger partial charge on any atom is 0.237 e. The zero-order chi connectivity index (χ0) is 12.0. The SMILES string of the molecule is CCN[C@@H](Cc1ccc(O)cc1)C(=O)NC. The number of phenolic OH excluding ortho intramolecular Hbond substituents is 1. The summed E-state index contributed by atoms with van der Waals surface area (Å²) in [5.74, 6) is 0.221. The van der Waals surface area contributed by atoms with Gasteiger partial charge in [0.1, 0.15) is 5.75 Å². The monoisotopic (exact) mass is 222 g/mol. The summed E-state index contributed by atoms with van der Waals surface area (Å²) in [5, 5.41) is 14.9. The Morgan fingerprint density at radius 3 is 2.50 bits per heavy atom. The van der Waals surface area contributed by atoms with Crippen LogP contribution >= 0.6 is 0 Å². The first-order valence-corrected chi connectivity index (χ1v) is 5.40. The minimum absolute atomic E-state index is 0.0186. The van der Waals surface area contributed by atoms with Crippen molar-refractivity contribution in [2.75, 3.05) is 13.6 Å². The number of likely N-dealkylation sites (N-methyl/N-ethyl adjacent to an activating group) is 2. The van der Waals surface area contributed by atoms with Gasteiger partial charge in [0, 0.05) is 7.05 Å². The molecule has 0 aliphatic carbocycles.